The number of nitrogens with zero attached hydrogens (tertiary/aromatic N) is 1. The van der Waals surface area contributed by atoms with Crippen LogP contribution >= 0.6 is 11.6 Å². The van der Waals surface area contributed by atoms with Crippen LogP contribution in [0.15, 0.2) is 12.3 Å². The van der Waals surface area contributed by atoms with E-state index in [4.69, 9.17) is 22.4 Å². The Labute approximate surface area is 99.8 Å². The highest BCUT2D eigenvalue weighted by Crippen LogP contribution is 2.48. The van der Waals surface area contributed by atoms with E-state index < -0.39 is 0 Å². The maximum atomic E-state index is 8.94. The molecule has 4 N–H and O–H groups in total. The first-order chi connectivity index (χ1) is 7.65. The molecule has 0 aliphatic heterocycles. The van der Waals surface area contributed by atoms with Gasteiger partial charge in [-0.25, -0.2) is 4.98 Å². The fourth-order valence-electron chi connectivity index (χ4n) is 1.80. The van der Waals surface area contributed by atoms with Crippen LogP contribution in [-0.4, -0.2) is 23.2 Å². The van der Waals surface area contributed by atoms with Crippen LogP contribution in [0.3, 0.4) is 0 Å². The Bertz CT molecular complexity index is 379. The van der Waals surface area contributed by atoms with Gasteiger partial charge >= 0.3 is 0 Å². The molecule has 5 heteroatoms. The number of hydrogen-bond acceptors (Lipinski definition) is 4. The maximum Gasteiger partial charge on any atom is 0.149 e. The summed E-state index contributed by atoms with van der Waals surface area (Å²) in [7, 11) is 0. The van der Waals surface area contributed by atoms with Crippen molar-refractivity contribution in [1.29, 1.82) is 0 Å². The lowest BCUT2D eigenvalue weighted by molar-refractivity contribution is 0.253. The predicted octanol–water partition coefficient (Wildman–Crippen LogP) is 1.89. The number of nitrogens with two attached hydrogens (primary N) is 1. The third-order valence-electron chi connectivity index (χ3n) is 3.11. The van der Waals surface area contributed by atoms with E-state index in [0.717, 1.165) is 25.8 Å². The zero-order chi connectivity index (χ0) is 11.6. The highest BCUT2D eigenvalue weighted by Gasteiger charge is 2.41. The van der Waals surface area contributed by atoms with Crippen LogP contribution in [0.2, 0.25) is 5.02 Å². The van der Waals surface area contributed by atoms with Gasteiger partial charge in [0.15, 0.2) is 0 Å². The van der Waals surface area contributed by atoms with E-state index in [1.54, 1.807) is 12.3 Å². The van der Waals surface area contributed by atoms with E-state index >= 15 is 0 Å². The van der Waals surface area contributed by atoms with Gasteiger partial charge in [-0.2, -0.15) is 0 Å². The molecule has 4 nitrogen and oxygen atoms in total. The van der Waals surface area contributed by atoms with Crippen molar-refractivity contribution in [2.45, 2.75) is 19.3 Å². The first-order valence-electron chi connectivity index (χ1n) is 5.41. The summed E-state index contributed by atoms with van der Waals surface area (Å²) in [5.74, 6) is 0.675. The topological polar surface area (TPSA) is 71.2 Å². The number of halogens is 1. The van der Waals surface area contributed by atoms with Crippen LogP contribution in [0.5, 0.6) is 0 Å². The Morgan fingerprint density at radius 3 is 2.88 bits per heavy atom. The number of rotatable bonds is 5. The van der Waals surface area contributed by atoms with Gasteiger partial charge in [-0.3, -0.25) is 0 Å². The van der Waals surface area contributed by atoms with Crippen LogP contribution in [0.4, 0.5) is 11.5 Å². The second kappa shape index (κ2) is 4.47. The summed E-state index contributed by atoms with van der Waals surface area (Å²) >= 11 is 5.77. The van der Waals surface area contributed by atoms with Gasteiger partial charge in [0, 0.05) is 19.3 Å². The van der Waals surface area contributed by atoms with Gasteiger partial charge in [0.05, 0.1) is 10.7 Å². The molecule has 16 heavy (non-hydrogen) atoms. The van der Waals surface area contributed by atoms with Gasteiger partial charge in [0.25, 0.3) is 0 Å². The molecule has 88 valence electrons. The highest BCUT2D eigenvalue weighted by molar-refractivity contribution is 6.30. The lowest BCUT2D eigenvalue weighted by Gasteiger charge is -2.15. The molecule has 1 saturated carbocycles. The van der Waals surface area contributed by atoms with Gasteiger partial charge in [0.2, 0.25) is 0 Å². The molecule has 0 radical (unpaired) electrons. The number of hydrogen-bond donors (Lipinski definition) is 3. The third kappa shape index (κ3) is 2.57. The van der Waals surface area contributed by atoms with E-state index in [1.165, 1.54) is 0 Å². The summed E-state index contributed by atoms with van der Waals surface area (Å²) in [6, 6.07) is 1.68. The van der Waals surface area contributed by atoms with Gasteiger partial charge in [0.1, 0.15) is 5.82 Å². The predicted molar refractivity (Wildman–Crippen MR) is 65.5 cm³/mol. The molecule has 0 amide bonds. The van der Waals surface area contributed by atoms with Crippen molar-refractivity contribution in [3.63, 3.8) is 0 Å². The Kier molecular flexibility index (Phi) is 3.21. The summed E-state index contributed by atoms with van der Waals surface area (Å²) in [5, 5.41) is 12.7. The van der Waals surface area contributed by atoms with Crippen molar-refractivity contribution in [3.8, 4) is 0 Å². The molecule has 0 spiro atoms. The Morgan fingerprint density at radius 2 is 2.31 bits per heavy atom. The first kappa shape index (κ1) is 11.5. The summed E-state index contributed by atoms with van der Waals surface area (Å²) in [6.07, 6.45) is 4.74. The molecule has 1 fully saturated rings. The minimum Gasteiger partial charge on any atom is -0.396 e. The molecule has 0 bridgehead atoms. The van der Waals surface area contributed by atoms with Crippen LogP contribution in [0.1, 0.15) is 19.3 Å². The third-order valence-corrected chi connectivity index (χ3v) is 3.32. The van der Waals surface area contributed by atoms with E-state index in [2.05, 4.69) is 10.3 Å². The molecule has 0 aromatic carbocycles. The number of aromatic nitrogens is 1. The maximum absolute atomic E-state index is 8.94. The number of anilines is 2. The monoisotopic (exact) mass is 241 g/mol. The van der Waals surface area contributed by atoms with Gasteiger partial charge in [-0.05, 0) is 30.7 Å². The zero-order valence-electron chi connectivity index (χ0n) is 9.04. The fraction of sp³-hybridized carbons (Fsp3) is 0.545. The summed E-state index contributed by atoms with van der Waals surface area (Å²) in [6.45, 7) is 1.05. The zero-order valence-corrected chi connectivity index (χ0v) is 9.80. The quantitative estimate of drug-likeness (QED) is 0.736. The number of aliphatic hydroxyl groups is 1. The Hall–Kier alpha value is -1.00. The summed E-state index contributed by atoms with van der Waals surface area (Å²) < 4.78 is 0. The average molecular weight is 242 g/mol. The molecule has 0 atom stereocenters. The highest BCUT2D eigenvalue weighted by atomic mass is 35.5. The molecule has 2 rings (SSSR count). The van der Waals surface area contributed by atoms with Crippen molar-refractivity contribution < 1.29 is 5.11 Å². The molecule has 1 aliphatic carbocycles. The van der Waals surface area contributed by atoms with Gasteiger partial charge in [-0.15, -0.1) is 0 Å². The standard InChI is InChI=1S/C11H16ClN3O/c12-8-5-9(13)10(14-6-8)15-7-11(1-2-11)3-4-16/h5-6,16H,1-4,7,13H2,(H,14,15). The van der Waals surface area contributed by atoms with E-state index in [9.17, 15) is 0 Å². The van der Waals surface area contributed by atoms with Crippen LogP contribution in [-0.2, 0) is 0 Å². The minimum atomic E-state index is 0.241. The fourth-order valence-corrected chi connectivity index (χ4v) is 1.97. The van der Waals surface area contributed by atoms with E-state index in [-0.39, 0.29) is 12.0 Å². The van der Waals surface area contributed by atoms with Crippen molar-refractivity contribution in [1.82, 2.24) is 4.98 Å². The van der Waals surface area contributed by atoms with E-state index in [1.807, 2.05) is 0 Å². The lowest BCUT2D eigenvalue weighted by atomic mass is 10.0. The van der Waals surface area contributed by atoms with Crippen LogP contribution < -0.4 is 11.1 Å². The Morgan fingerprint density at radius 1 is 1.56 bits per heavy atom. The molecule has 1 heterocycles. The molecule has 1 aromatic heterocycles. The molecule has 1 aromatic rings. The second-order valence-electron chi connectivity index (χ2n) is 4.42. The smallest absolute Gasteiger partial charge is 0.149 e. The molecule has 1 aliphatic rings. The molecular formula is C11H16ClN3O. The number of nitrogens with one attached hydrogen (secondary N) is 1. The lowest BCUT2D eigenvalue weighted by Crippen LogP contribution is -2.18. The van der Waals surface area contributed by atoms with Crippen molar-refractivity contribution in [2.75, 3.05) is 24.2 Å². The van der Waals surface area contributed by atoms with Gasteiger partial charge < -0.3 is 16.2 Å². The van der Waals surface area contributed by atoms with Crippen molar-refractivity contribution in [3.05, 3.63) is 17.3 Å². The number of pyridine rings is 1. The number of aliphatic hydroxyl groups excluding tert-OH is 1. The van der Waals surface area contributed by atoms with Crippen LogP contribution in [0.25, 0.3) is 0 Å². The van der Waals surface area contributed by atoms with E-state index in [0.29, 0.717) is 16.5 Å². The summed E-state index contributed by atoms with van der Waals surface area (Å²) in [5.41, 5.74) is 6.60. The molecular weight excluding hydrogens is 226 g/mol. The largest absolute Gasteiger partial charge is 0.396 e. The normalized spacial score (nSPS) is 17.1. The van der Waals surface area contributed by atoms with Crippen molar-refractivity contribution in [2.24, 2.45) is 5.41 Å². The average Bonchev–Trinajstić information content (AvgIpc) is 2.98. The SMILES string of the molecule is Nc1cc(Cl)cnc1NCC1(CCO)CC1. The number of nitrogen functional groups attached to an aromatic ring is 1. The summed E-state index contributed by atoms with van der Waals surface area (Å²) in [4.78, 5) is 4.14. The van der Waals surface area contributed by atoms with Crippen molar-refractivity contribution >= 4 is 23.1 Å². The Balaban J connectivity index is 1.94. The minimum absolute atomic E-state index is 0.241. The second-order valence-corrected chi connectivity index (χ2v) is 4.85. The van der Waals surface area contributed by atoms with Crippen LogP contribution in [0, 0.1) is 5.41 Å². The molecule has 0 saturated heterocycles. The first-order valence-corrected chi connectivity index (χ1v) is 5.79. The van der Waals surface area contributed by atoms with Gasteiger partial charge in [-0.1, -0.05) is 11.6 Å². The molecule has 0 unspecified atom stereocenters.